The van der Waals surface area contributed by atoms with Crippen LogP contribution >= 0.6 is 19.4 Å². The van der Waals surface area contributed by atoms with E-state index in [-0.39, 0.29) is 22.3 Å². The summed E-state index contributed by atoms with van der Waals surface area (Å²) in [6.45, 7) is 2.03. The van der Waals surface area contributed by atoms with Crippen LogP contribution in [0.5, 0.6) is 0 Å². The van der Waals surface area contributed by atoms with Crippen LogP contribution in [0.1, 0.15) is 13.3 Å². The minimum Gasteiger partial charge on any atom is -0.358 e. The molecule has 0 bridgehead atoms. The van der Waals surface area contributed by atoms with Crippen LogP contribution in [0.4, 0.5) is 0 Å². The quantitative estimate of drug-likeness (QED) is 0.499. The maximum Gasteiger partial charge on any atom is -0.358 e. The molecule has 0 aliphatic carbocycles. The van der Waals surface area contributed by atoms with Gasteiger partial charge in [-0.25, -0.2) is 0 Å². The minimum absolute atomic E-state index is 0. The van der Waals surface area contributed by atoms with E-state index in [9.17, 15) is 0 Å². The molecule has 0 spiro atoms. The smallest absolute Gasteiger partial charge is 0.358 e. The van der Waals surface area contributed by atoms with Gasteiger partial charge in [-0.3, -0.25) is 0 Å². The van der Waals surface area contributed by atoms with Crippen LogP contribution in [0.3, 0.4) is 0 Å². The van der Waals surface area contributed by atoms with Gasteiger partial charge in [0.05, 0.1) is 0 Å². The Kier molecular flexibility index (Phi) is 40.1. The average Bonchev–Trinajstić information content (AvgIpc) is 1.35. The maximum absolute atomic E-state index is 5.43. The molecule has 64 valence electrons. The second-order valence-electron chi connectivity index (χ2n) is 0.757. The van der Waals surface area contributed by atoms with Gasteiger partial charge in [0.2, 0.25) is 0 Å². The van der Waals surface area contributed by atoms with Gasteiger partial charge in [-0.1, -0.05) is 0 Å². The molecule has 0 radical (unpaired) electrons. The third kappa shape index (κ3) is 27.4. The van der Waals surface area contributed by atoms with E-state index >= 15 is 0 Å². The molecule has 0 saturated heterocycles. The van der Waals surface area contributed by atoms with Crippen LogP contribution in [-0.4, -0.2) is 4.61 Å². The number of hydrogen-bond acceptors (Lipinski definition) is 0. The van der Waals surface area contributed by atoms with Crippen molar-refractivity contribution in [1.29, 1.82) is 0 Å². The molecule has 0 aromatic heterocycles. The van der Waals surface area contributed by atoms with E-state index in [0.717, 1.165) is 6.42 Å². The van der Waals surface area contributed by atoms with Gasteiger partial charge in [-0.2, -0.15) is 0 Å². The largest absolute Gasteiger partial charge is 0.358 e. The molecule has 0 nitrogen and oxygen atoms in total. The first-order valence-corrected chi connectivity index (χ1v) is 7.07. The first-order valence-electron chi connectivity index (χ1n) is 1.59. The standard InChI is InChI=1S/C3H6.3CH3.2ClH.Ru/c1-3-2;;;;;;/h1H,3H2,2H3;3*1H3;2*1H;/q;3*-1;;;+2/p-2. The summed E-state index contributed by atoms with van der Waals surface area (Å²) in [5.74, 6) is 0. The molecular weight excluding hydrogens is 244 g/mol. The van der Waals surface area contributed by atoms with Crippen molar-refractivity contribution in [3.05, 3.63) is 22.3 Å². The van der Waals surface area contributed by atoms with Crippen LogP contribution in [0.25, 0.3) is 0 Å². The van der Waals surface area contributed by atoms with E-state index < -0.39 is 13.5 Å². The zero-order valence-corrected chi connectivity index (χ0v) is 9.64. The van der Waals surface area contributed by atoms with Crippen molar-refractivity contribution in [2.45, 2.75) is 13.3 Å². The van der Waals surface area contributed by atoms with Crippen molar-refractivity contribution < 1.29 is 13.5 Å². The van der Waals surface area contributed by atoms with E-state index in [0.29, 0.717) is 0 Å². The summed E-state index contributed by atoms with van der Waals surface area (Å²) in [4.78, 5) is 0. The minimum atomic E-state index is -1.39. The van der Waals surface area contributed by atoms with Gasteiger partial charge in [0.25, 0.3) is 0 Å². The topological polar surface area (TPSA) is 0 Å². The zero-order valence-electron chi connectivity index (χ0n) is 6.39. The first-order chi connectivity index (χ1) is 2.77. The normalized spacial score (nSPS) is 7.22. The van der Waals surface area contributed by atoms with Crippen molar-refractivity contribution in [1.82, 2.24) is 0 Å². The fourth-order valence-electron chi connectivity index (χ4n) is 0.109. The Morgan fingerprint density at radius 1 is 1.22 bits per heavy atom. The summed E-state index contributed by atoms with van der Waals surface area (Å²) in [6, 6.07) is 0. The molecule has 0 aromatic rings. The Balaban J connectivity index is -0.0000000417. The molecule has 0 aliphatic heterocycles. The van der Waals surface area contributed by atoms with E-state index in [1.165, 1.54) is 0 Å². The van der Waals surface area contributed by atoms with Crippen LogP contribution in [-0.2, 0) is 13.5 Å². The van der Waals surface area contributed by atoms with Crippen LogP contribution < -0.4 is 0 Å². The van der Waals surface area contributed by atoms with E-state index in [2.05, 4.69) is 0 Å². The van der Waals surface area contributed by atoms with Crippen molar-refractivity contribution in [2.75, 3.05) is 0 Å². The average molecular weight is 259 g/mol. The summed E-state index contributed by atoms with van der Waals surface area (Å²) in [7, 11) is 10.9. The van der Waals surface area contributed by atoms with Crippen LogP contribution in [0.15, 0.2) is 0 Å². The molecule has 0 amide bonds. The summed E-state index contributed by atoms with van der Waals surface area (Å²) in [6.07, 6.45) is 1.01. The van der Waals surface area contributed by atoms with Crippen molar-refractivity contribution in [3.63, 3.8) is 0 Å². The maximum atomic E-state index is 5.43. The Labute approximate surface area is 73.1 Å². The molecule has 0 aromatic carbocycles. The Hall–Kier alpha value is 1.07. The van der Waals surface area contributed by atoms with Gasteiger partial charge in [0, 0.05) is 0 Å². The summed E-state index contributed by atoms with van der Waals surface area (Å²) >= 11 is -1.39. The van der Waals surface area contributed by atoms with E-state index in [1.54, 1.807) is 0 Å². The second kappa shape index (κ2) is 16.0. The SMILES string of the molecule is CC[CH]=[Ru]([Cl])[Cl].[CH3-].[CH3-].[CH3-]. The molecular formula is C6H15Cl2Ru-3. The summed E-state index contributed by atoms with van der Waals surface area (Å²) in [5, 5.41) is 0. The zero-order chi connectivity index (χ0) is 4.99. The van der Waals surface area contributed by atoms with E-state index in [4.69, 9.17) is 19.4 Å². The van der Waals surface area contributed by atoms with Gasteiger partial charge in [0.1, 0.15) is 0 Å². The summed E-state index contributed by atoms with van der Waals surface area (Å²) < 4.78 is 1.97. The third-order valence-electron chi connectivity index (χ3n) is 0.253. The van der Waals surface area contributed by atoms with Crippen LogP contribution in [0, 0.1) is 22.3 Å². The van der Waals surface area contributed by atoms with Gasteiger partial charge >= 0.3 is 50.9 Å². The monoisotopic (exact) mass is 259 g/mol. The molecule has 0 heterocycles. The second-order valence-corrected chi connectivity index (χ2v) is 6.69. The van der Waals surface area contributed by atoms with E-state index in [1.807, 2.05) is 11.5 Å². The molecule has 3 heteroatoms. The van der Waals surface area contributed by atoms with Gasteiger partial charge in [-0.05, 0) is 0 Å². The molecule has 0 saturated carbocycles. The van der Waals surface area contributed by atoms with Crippen molar-refractivity contribution in [3.8, 4) is 0 Å². The van der Waals surface area contributed by atoms with Gasteiger partial charge in [-0.15, -0.1) is 0 Å². The van der Waals surface area contributed by atoms with Crippen molar-refractivity contribution in [2.24, 2.45) is 0 Å². The third-order valence-corrected chi connectivity index (χ3v) is 2.79. The summed E-state index contributed by atoms with van der Waals surface area (Å²) in [5.41, 5.74) is 0. The first kappa shape index (κ1) is 22.5. The Morgan fingerprint density at radius 2 is 1.56 bits per heavy atom. The Bertz CT molecular complexity index is 58.1. The number of halogens is 2. The predicted octanol–water partition coefficient (Wildman–Crippen LogP) is 3.48. The van der Waals surface area contributed by atoms with Crippen molar-refractivity contribution >= 4 is 24.0 Å². The predicted molar refractivity (Wildman–Crippen MR) is 47.3 cm³/mol. The molecule has 0 N–H and O–H groups in total. The molecule has 9 heavy (non-hydrogen) atoms. The molecule has 0 unspecified atom stereocenters. The fourth-order valence-corrected chi connectivity index (χ4v) is 1.94. The van der Waals surface area contributed by atoms with Gasteiger partial charge < -0.3 is 22.3 Å². The number of hydrogen-bond donors (Lipinski definition) is 0. The molecule has 0 atom stereocenters. The number of rotatable bonds is 1. The molecule has 0 fully saturated rings. The molecule has 0 aliphatic rings. The van der Waals surface area contributed by atoms with Gasteiger partial charge in [0.15, 0.2) is 0 Å². The van der Waals surface area contributed by atoms with Crippen LogP contribution in [0.2, 0.25) is 0 Å². The Morgan fingerprint density at radius 3 is 1.56 bits per heavy atom. The fraction of sp³-hybridized carbons (Fsp3) is 0.333. The molecule has 0 rings (SSSR count).